The van der Waals surface area contributed by atoms with Crippen LogP contribution in [0, 0.1) is 13.8 Å². The molecular weight excluding hydrogens is 444 g/mol. The minimum atomic E-state index is -0.174. The van der Waals surface area contributed by atoms with Crippen molar-refractivity contribution in [1.29, 1.82) is 0 Å². The summed E-state index contributed by atoms with van der Waals surface area (Å²) in [6.07, 6.45) is 6.69. The lowest BCUT2D eigenvalue weighted by molar-refractivity contribution is 0.0752. The van der Waals surface area contributed by atoms with Crippen molar-refractivity contribution in [3.63, 3.8) is 0 Å². The van der Waals surface area contributed by atoms with Gasteiger partial charge >= 0.3 is 0 Å². The third-order valence-corrected chi connectivity index (χ3v) is 6.21. The van der Waals surface area contributed by atoms with Gasteiger partial charge in [-0.05, 0) is 62.6 Å². The minimum absolute atomic E-state index is 0.174. The summed E-state index contributed by atoms with van der Waals surface area (Å²) in [7, 11) is 0. The van der Waals surface area contributed by atoms with Crippen molar-refractivity contribution in [3.8, 4) is 17.4 Å². The Morgan fingerprint density at radius 1 is 1.11 bits per heavy atom. The molecule has 35 heavy (non-hydrogen) atoms. The topological polar surface area (TPSA) is 108 Å². The summed E-state index contributed by atoms with van der Waals surface area (Å²) in [5, 5.41) is 21.4. The number of hydrogen-bond acceptors (Lipinski definition) is 8. The van der Waals surface area contributed by atoms with Gasteiger partial charge in [0.2, 0.25) is 5.88 Å². The molecule has 5 rings (SSSR count). The smallest absolute Gasteiger partial charge is 0.242 e. The van der Waals surface area contributed by atoms with Crippen LogP contribution in [0.4, 0.5) is 11.4 Å². The predicted molar refractivity (Wildman–Crippen MR) is 135 cm³/mol. The van der Waals surface area contributed by atoms with Gasteiger partial charge in [-0.15, -0.1) is 5.10 Å². The monoisotopic (exact) mass is 474 g/mol. The van der Waals surface area contributed by atoms with E-state index in [0.717, 1.165) is 71.8 Å². The highest BCUT2D eigenvalue weighted by molar-refractivity contribution is 5.96. The molecule has 1 aliphatic heterocycles. The lowest BCUT2D eigenvalue weighted by Crippen LogP contribution is -2.38. The number of anilines is 2. The number of aryl methyl sites for hydroxylation is 2. The van der Waals surface area contributed by atoms with E-state index in [1.807, 2.05) is 44.2 Å². The molecule has 0 amide bonds. The fourth-order valence-electron chi connectivity index (χ4n) is 4.19. The van der Waals surface area contributed by atoms with Crippen LogP contribution in [0.2, 0.25) is 0 Å². The molecule has 3 N–H and O–H groups in total. The quantitative estimate of drug-likeness (QED) is 0.346. The van der Waals surface area contributed by atoms with Gasteiger partial charge in [-0.2, -0.15) is 0 Å². The number of aliphatic hydroxyl groups excluding tert-OH is 1. The molecule has 0 bridgehead atoms. The number of likely N-dealkylation sites (tertiary alicyclic amines) is 1. The van der Waals surface area contributed by atoms with E-state index in [2.05, 4.69) is 30.4 Å². The third kappa shape index (κ3) is 5.52. The van der Waals surface area contributed by atoms with Crippen molar-refractivity contribution in [2.75, 3.05) is 31.6 Å². The lowest BCUT2D eigenvalue weighted by atomic mass is 10.1. The maximum Gasteiger partial charge on any atom is 0.242 e. The molecule has 0 aliphatic carbocycles. The van der Waals surface area contributed by atoms with Crippen molar-refractivity contribution in [3.05, 3.63) is 60.2 Å². The van der Waals surface area contributed by atoms with E-state index in [9.17, 15) is 5.11 Å². The van der Waals surface area contributed by atoms with Crippen LogP contribution < -0.4 is 14.8 Å². The summed E-state index contributed by atoms with van der Waals surface area (Å²) in [5.41, 5.74) is 4.46. The van der Waals surface area contributed by atoms with Gasteiger partial charge in [-0.25, -0.2) is 0 Å². The Balaban J connectivity index is 1.28. The number of hydrogen-bond donors (Lipinski definition) is 3. The summed E-state index contributed by atoms with van der Waals surface area (Å²) >= 11 is 0. The molecule has 9 heteroatoms. The lowest BCUT2D eigenvalue weighted by Gasteiger charge is -2.29. The number of rotatable bonds is 8. The number of ether oxygens (including phenoxy) is 2. The summed E-state index contributed by atoms with van der Waals surface area (Å²) in [4.78, 5) is 10.9. The van der Waals surface area contributed by atoms with Crippen molar-refractivity contribution in [2.24, 2.45) is 0 Å². The SMILES string of the molecule is Cc1ccc(Oc2ccc(Nc3cncc4[nH]nc(OCCN5CCC(O)CC5)c34)cc2C)cn1. The zero-order valence-corrected chi connectivity index (χ0v) is 20.0. The largest absolute Gasteiger partial charge is 0.475 e. The molecule has 9 nitrogen and oxygen atoms in total. The fourth-order valence-corrected chi connectivity index (χ4v) is 4.19. The van der Waals surface area contributed by atoms with Crippen LogP contribution in [0.1, 0.15) is 24.1 Å². The second-order valence-electron chi connectivity index (χ2n) is 8.90. The van der Waals surface area contributed by atoms with Crippen molar-refractivity contribution in [2.45, 2.75) is 32.8 Å². The van der Waals surface area contributed by atoms with E-state index in [0.29, 0.717) is 18.2 Å². The number of pyridine rings is 2. The van der Waals surface area contributed by atoms with Gasteiger partial charge in [0.05, 0.1) is 41.3 Å². The van der Waals surface area contributed by atoms with E-state index in [1.54, 1.807) is 18.6 Å². The number of piperidine rings is 1. The highest BCUT2D eigenvalue weighted by Crippen LogP contribution is 2.33. The van der Waals surface area contributed by atoms with E-state index in [4.69, 9.17) is 9.47 Å². The molecule has 0 atom stereocenters. The average molecular weight is 475 g/mol. The number of nitrogens with one attached hydrogen (secondary N) is 2. The zero-order chi connectivity index (χ0) is 24.2. The van der Waals surface area contributed by atoms with Crippen molar-refractivity contribution in [1.82, 2.24) is 25.1 Å². The van der Waals surface area contributed by atoms with Crippen LogP contribution >= 0.6 is 0 Å². The molecule has 0 saturated carbocycles. The first kappa shape index (κ1) is 23.1. The van der Waals surface area contributed by atoms with Gasteiger partial charge in [0.1, 0.15) is 18.1 Å². The van der Waals surface area contributed by atoms with E-state index in [1.165, 1.54) is 0 Å². The Morgan fingerprint density at radius 3 is 2.74 bits per heavy atom. The van der Waals surface area contributed by atoms with Crippen LogP contribution in [0.15, 0.2) is 48.9 Å². The van der Waals surface area contributed by atoms with Crippen LogP contribution in [0.25, 0.3) is 10.9 Å². The molecule has 0 radical (unpaired) electrons. The first-order valence-electron chi connectivity index (χ1n) is 11.9. The molecule has 0 spiro atoms. The maximum absolute atomic E-state index is 9.69. The fraction of sp³-hybridized carbons (Fsp3) is 0.346. The summed E-state index contributed by atoms with van der Waals surface area (Å²) < 4.78 is 12.0. The Kier molecular flexibility index (Phi) is 6.78. The number of fused-ring (bicyclic) bond motifs is 1. The number of aromatic amines is 1. The van der Waals surface area contributed by atoms with Gasteiger partial charge in [0, 0.05) is 31.0 Å². The van der Waals surface area contributed by atoms with Crippen LogP contribution in [0.5, 0.6) is 17.4 Å². The van der Waals surface area contributed by atoms with Gasteiger partial charge in [-0.1, -0.05) is 0 Å². The van der Waals surface area contributed by atoms with E-state index >= 15 is 0 Å². The molecule has 1 aromatic carbocycles. The van der Waals surface area contributed by atoms with Crippen LogP contribution in [-0.2, 0) is 0 Å². The molecule has 4 heterocycles. The Labute approximate surface area is 204 Å². The number of aliphatic hydroxyl groups is 1. The highest BCUT2D eigenvalue weighted by atomic mass is 16.5. The number of nitrogens with zero attached hydrogens (tertiary/aromatic N) is 4. The minimum Gasteiger partial charge on any atom is -0.475 e. The molecule has 1 saturated heterocycles. The average Bonchev–Trinajstić information content (AvgIpc) is 3.27. The summed E-state index contributed by atoms with van der Waals surface area (Å²) in [5.74, 6) is 2.02. The molecule has 1 fully saturated rings. The Morgan fingerprint density at radius 2 is 1.97 bits per heavy atom. The van der Waals surface area contributed by atoms with Gasteiger partial charge in [0.15, 0.2) is 0 Å². The molecule has 0 unspecified atom stereocenters. The Hall–Kier alpha value is -3.69. The molecule has 1 aliphatic rings. The molecular formula is C26H30N6O3. The second kappa shape index (κ2) is 10.3. The first-order chi connectivity index (χ1) is 17.0. The third-order valence-electron chi connectivity index (χ3n) is 6.21. The highest BCUT2D eigenvalue weighted by Gasteiger charge is 2.18. The van der Waals surface area contributed by atoms with E-state index < -0.39 is 0 Å². The van der Waals surface area contributed by atoms with Gasteiger partial charge < -0.3 is 19.9 Å². The standard InChI is InChI=1S/C26H30N6O3/c1-17-13-19(4-6-24(17)35-21-5-3-18(2)28-14-21)29-22-15-27-16-23-25(22)26(31-30-23)34-12-11-32-9-7-20(33)8-10-32/h3-6,13-16,20,29,33H,7-12H2,1-2H3,(H,30,31). The van der Waals surface area contributed by atoms with Gasteiger partial charge in [0.25, 0.3) is 0 Å². The first-order valence-corrected chi connectivity index (χ1v) is 11.9. The predicted octanol–water partition coefficient (Wildman–Crippen LogP) is 4.34. The number of benzene rings is 1. The van der Waals surface area contributed by atoms with Crippen molar-refractivity contribution < 1.29 is 14.6 Å². The number of aromatic nitrogens is 4. The second-order valence-corrected chi connectivity index (χ2v) is 8.90. The Bertz CT molecular complexity index is 1280. The van der Waals surface area contributed by atoms with Gasteiger partial charge in [-0.3, -0.25) is 20.0 Å². The summed E-state index contributed by atoms with van der Waals surface area (Å²) in [6.45, 7) is 7.06. The normalized spacial score (nSPS) is 14.8. The molecule has 182 valence electrons. The molecule has 3 aromatic heterocycles. The zero-order valence-electron chi connectivity index (χ0n) is 20.0. The van der Waals surface area contributed by atoms with Crippen LogP contribution in [0.3, 0.4) is 0 Å². The van der Waals surface area contributed by atoms with Crippen molar-refractivity contribution >= 4 is 22.3 Å². The summed E-state index contributed by atoms with van der Waals surface area (Å²) in [6, 6.07) is 9.77. The van der Waals surface area contributed by atoms with E-state index in [-0.39, 0.29) is 6.10 Å². The number of H-pyrrole nitrogens is 1. The molecule has 4 aromatic rings. The van der Waals surface area contributed by atoms with Crippen LogP contribution in [-0.4, -0.2) is 62.5 Å². The maximum atomic E-state index is 9.69.